The van der Waals surface area contributed by atoms with E-state index in [1.807, 2.05) is 24.8 Å². The molecule has 2 heterocycles. The summed E-state index contributed by atoms with van der Waals surface area (Å²) in [6, 6.07) is 4.72. The number of tetrazole rings is 1. The number of thiophene rings is 1. The maximum absolute atomic E-state index is 12.2. The van der Waals surface area contributed by atoms with Crippen molar-refractivity contribution in [1.82, 2.24) is 30.4 Å². The predicted octanol–water partition coefficient (Wildman–Crippen LogP) is 2.36. The van der Waals surface area contributed by atoms with Crippen LogP contribution in [0, 0.1) is 0 Å². The summed E-state index contributed by atoms with van der Waals surface area (Å²) in [4.78, 5) is 15.6. The van der Waals surface area contributed by atoms with Crippen molar-refractivity contribution in [3.05, 3.63) is 22.4 Å². The Morgan fingerprint density at radius 2 is 2.28 bits per heavy atom. The Hall–Kier alpha value is -1.45. The SMILES string of the molecule is CN(C)C(CNC(=O)CSc1nnnn1C1CCCC1)c1cccs1. The van der Waals surface area contributed by atoms with E-state index in [0.29, 0.717) is 18.3 Å². The van der Waals surface area contributed by atoms with Gasteiger partial charge in [-0.25, -0.2) is 4.68 Å². The highest BCUT2D eigenvalue weighted by molar-refractivity contribution is 7.99. The van der Waals surface area contributed by atoms with Crippen molar-refractivity contribution < 1.29 is 4.79 Å². The third-order valence-electron chi connectivity index (χ3n) is 4.45. The fourth-order valence-electron chi connectivity index (χ4n) is 3.07. The van der Waals surface area contributed by atoms with Crippen LogP contribution in [0.3, 0.4) is 0 Å². The van der Waals surface area contributed by atoms with Gasteiger partial charge in [0, 0.05) is 11.4 Å². The van der Waals surface area contributed by atoms with E-state index in [4.69, 9.17) is 0 Å². The molecule has 136 valence electrons. The molecule has 1 N–H and O–H groups in total. The number of nitrogens with one attached hydrogen (secondary N) is 1. The van der Waals surface area contributed by atoms with Gasteiger partial charge in [0.2, 0.25) is 11.1 Å². The van der Waals surface area contributed by atoms with Gasteiger partial charge < -0.3 is 10.2 Å². The third kappa shape index (κ3) is 4.80. The van der Waals surface area contributed by atoms with Crippen LogP contribution in [0.4, 0.5) is 0 Å². The molecule has 9 heteroatoms. The Morgan fingerprint density at radius 1 is 1.48 bits per heavy atom. The van der Waals surface area contributed by atoms with E-state index in [0.717, 1.165) is 18.0 Å². The number of amides is 1. The van der Waals surface area contributed by atoms with Crippen LogP contribution < -0.4 is 5.32 Å². The largest absolute Gasteiger partial charge is 0.353 e. The van der Waals surface area contributed by atoms with Gasteiger partial charge in [-0.2, -0.15) is 0 Å². The molecule has 7 nitrogen and oxygen atoms in total. The number of hydrogen-bond donors (Lipinski definition) is 1. The van der Waals surface area contributed by atoms with Gasteiger partial charge in [0.15, 0.2) is 0 Å². The number of aromatic nitrogens is 4. The number of rotatable bonds is 8. The Morgan fingerprint density at radius 3 is 2.96 bits per heavy atom. The monoisotopic (exact) mass is 380 g/mol. The fourth-order valence-corrected chi connectivity index (χ4v) is 4.77. The van der Waals surface area contributed by atoms with Crippen molar-refractivity contribution >= 4 is 29.0 Å². The Labute approximate surface area is 156 Å². The lowest BCUT2D eigenvalue weighted by atomic mass is 10.2. The maximum atomic E-state index is 12.2. The molecule has 1 amide bonds. The quantitative estimate of drug-likeness (QED) is 0.709. The first-order valence-corrected chi connectivity index (χ1v) is 10.4. The maximum Gasteiger partial charge on any atom is 0.230 e. The predicted molar refractivity (Wildman–Crippen MR) is 99.8 cm³/mol. The number of hydrogen-bond acceptors (Lipinski definition) is 7. The van der Waals surface area contributed by atoms with Crippen LogP contribution in [0.2, 0.25) is 0 Å². The highest BCUT2D eigenvalue weighted by atomic mass is 32.2. The molecule has 0 radical (unpaired) electrons. The summed E-state index contributed by atoms with van der Waals surface area (Å²) in [5.41, 5.74) is 0. The first-order valence-electron chi connectivity index (χ1n) is 8.52. The Kier molecular flexibility index (Phi) is 6.44. The summed E-state index contributed by atoms with van der Waals surface area (Å²) in [6.45, 7) is 0.598. The average Bonchev–Trinajstić information content (AvgIpc) is 3.33. The minimum Gasteiger partial charge on any atom is -0.353 e. The molecule has 0 aromatic carbocycles. The van der Waals surface area contributed by atoms with Crippen molar-refractivity contribution in [1.29, 1.82) is 0 Å². The Bertz CT molecular complexity index is 666. The molecule has 0 bridgehead atoms. The second-order valence-corrected chi connectivity index (χ2v) is 8.35. The summed E-state index contributed by atoms with van der Waals surface area (Å²) in [5.74, 6) is 0.340. The van der Waals surface area contributed by atoms with Gasteiger partial charge in [0.05, 0.1) is 17.8 Å². The summed E-state index contributed by atoms with van der Waals surface area (Å²) in [5, 5.41) is 17.8. The lowest BCUT2D eigenvalue weighted by molar-refractivity contribution is -0.118. The Balaban J connectivity index is 1.49. The van der Waals surface area contributed by atoms with Crippen molar-refractivity contribution in [2.75, 3.05) is 26.4 Å². The van der Waals surface area contributed by atoms with E-state index in [1.54, 1.807) is 11.3 Å². The minimum absolute atomic E-state index is 0.00868. The molecular formula is C16H24N6OS2. The van der Waals surface area contributed by atoms with Gasteiger partial charge in [-0.1, -0.05) is 30.7 Å². The molecule has 0 saturated heterocycles. The topological polar surface area (TPSA) is 75.9 Å². The van der Waals surface area contributed by atoms with Crippen molar-refractivity contribution in [3.63, 3.8) is 0 Å². The van der Waals surface area contributed by atoms with E-state index in [2.05, 4.69) is 37.2 Å². The van der Waals surface area contributed by atoms with Crippen LogP contribution in [-0.4, -0.2) is 57.4 Å². The van der Waals surface area contributed by atoms with Gasteiger partial charge in [0.1, 0.15) is 0 Å². The van der Waals surface area contributed by atoms with Crippen LogP contribution in [0.1, 0.15) is 42.6 Å². The van der Waals surface area contributed by atoms with Gasteiger partial charge in [-0.05, 0) is 48.8 Å². The molecule has 1 unspecified atom stereocenters. The molecule has 0 spiro atoms. The van der Waals surface area contributed by atoms with Gasteiger partial charge in [0.25, 0.3) is 0 Å². The average molecular weight is 381 g/mol. The molecule has 1 fully saturated rings. The molecule has 2 aromatic heterocycles. The lowest BCUT2D eigenvalue weighted by Crippen LogP contribution is -2.35. The van der Waals surface area contributed by atoms with E-state index in [9.17, 15) is 4.79 Å². The van der Waals surface area contributed by atoms with E-state index < -0.39 is 0 Å². The molecule has 2 aromatic rings. The first kappa shape index (κ1) is 18.3. The molecule has 1 atom stereocenters. The first-order chi connectivity index (χ1) is 12.1. The zero-order valence-corrected chi connectivity index (χ0v) is 16.2. The molecule has 1 aliphatic rings. The number of carbonyl (C=O) groups excluding carboxylic acids is 1. The van der Waals surface area contributed by atoms with Gasteiger partial charge in [-0.3, -0.25) is 4.79 Å². The summed E-state index contributed by atoms with van der Waals surface area (Å²) < 4.78 is 1.89. The second-order valence-electron chi connectivity index (χ2n) is 6.43. The molecule has 25 heavy (non-hydrogen) atoms. The summed E-state index contributed by atoms with van der Waals surface area (Å²) in [7, 11) is 4.06. The number of thioether (sulfide) groups is 1. The van der Waals surface area contributed by atoms with Crippen molar-refractivity contribution in [3.8, 4) is 0 Å². The van der Waals surface area contributed by atoms with Crippen LogP contribution in [-0.2, 0) is 4.79 Å². The van der Waals surface area contributed by atoms with E-state index in [1.165, 1.54) is 29.5 Å². The lowest BCUT2D eigenvalue weighted by Gasteiger charge is -2.23. The fraction of sp³-hybridized carbons (Fsp3) is 0.625. The molecular weight excluding hydrogens is 356 g/mol. The molecule has 0 aliphatic heterocycles. The summed E-state index contributed by atoms with van der Waals surface area (Å²) in [6.07, 6.45) is 4.69. The number of likely N-dealkylation sites (N-methyl/N-ethyl adjacent to an activating group) is 1. The van der Waals surface area contributed by atoms with Crippen LogP contribution in [0.25, 0.3) is 0 Å². The minimum atomic E-state index is 0.00868. The van der Waals surface area contributed by atoms with E-state index >= 15 is 0 Å². The zero-order chi connectivity index (χ0) is 17.6. The van der Waals surface area contributed by atoms with Crippen molar-refractivity contribution in [2.24, 2.45) is 0 Å². The molecule has 3 rings (SSSR count). The number of carbonyl (C=O) groups is 1. The van der Waals surface area contributed by atoms with Gasteiger partial charge in [-0.15, -0.1) is 16.4 Å². The molecule has 1 aliphatic carbocycles. The van der Waals surface area contributed by atoms with Crippen LogP contribution in [0.5, 0.6) is 0 Å². The number of nitrogens with zero attached hydrogens (tertiary/aromatic N) is 5. The van der Waals surface area contributed by atoms with Crippen molar-refractivity contribution in [2.45, 2.75) is 42.9 Å². The summed E-state index contributed by atoms with van der Waals surface area (Å²) >= 11 is 3.12. The normalized spacial score (nSPS) is 16.4. The van der Waals surface area contributed by atoms with Crippen LogP contribution >= 0.6 is 23.1 Å². The zero-order valence-electron chi connectivity index (χ0n) is 14.6. The third-order valence-corrected chi connectivity index (χ3v) is 6.36. The molecule has 1 saturated carbocycles. The highest BCUT2D eigenvalue weighted by Crippen LogP contribution is 2.31. The van der Waals surface area contributed by atoms with Crippen LogP contribution in [0.15, 0.2) is 22.7 Å². The standard InChI is InChI=1S/C16H24N6OS2/c1-21(2)13(14-8-5-9-24-14)10-17-15(23)11-25-16-18-19-20-22(16)12-6-3-4-7-12/h5,8-9,12-13H,3-4,6-7,10-11H2,1-2H3,(H,17,23). The second kappa shape index (κ2) is 8.77. The highest BCUT2D eigenvalue weighted by Gasteiger charge is 2.22. The van der Waals surface area contributed by atoms with E-state index in [-0.39, 0.29) is 11.9 Å². The van der Waals surface area contributed by atoms with Gasteiger partial charge >= 0.3 is 0 Å². The smallest absolute Gasteiger partial charge is 0.230 e.